The Kier molecular flexibility index (Phi) is 5.98. The van der Waals surface area contributed by atoms with Gasteiger partial charge >= 0.3 is 0 Å². The minimum Gasteiger partial charge on any atom is -0.305 e. The number of hydrogen-bond acceptors (Lipinski definition) is 2. The van der Waals surface area contributed by atoms with Crippen LogP contribution in [0.5, 0.6) is 0 Å². The summed E-state index contributed by atoms with van der Waals surface area (Å²) in [5.41, 5.74) is 2.58. The summed E-state index contributed by atoms with van der Waals surface area (Å²) in [7, 11) is 2.28. The van der Waals surface area contributed by atoms with Crippen molar-refractivity contribution < 1.29 is 0 Å². The number of fused-ring (bicyclic) bond motifs is 1. The van der Waals surface area contributed by atoms with Crippen molar-refractivity contribution in [3.05, 3.63) is 35.7 Å². The first-order chi connectivity index (χ1) is 10.2. The van der Waals surface area contributed by atoms with Crippen LogP contribution < -0.4 is 0 Å². The van der Waals surface area contributed by atoms with E-state index >= 15 is 0 Å². The molecule has 0 radical (unpaired) electrons. The third-order valence-electron chi connectivity index (χ3n) is 5.06. The number of hydrogen-bond donors (Lipinski definition) is 0. The van der Waals surface area contributed by atoms with Gasteiger partial charge in [-0.25, -0.2) is 0 Å². The van der Waals surface area contributed by atoms with Crippen molar-refractivity contribution in [2.45, 2.75) is 46.0 Å². The van der Waals surface area contributed by atoms with Crippen LogP contribution in [0.3, 0.4) is 0 Å². The molecule has 2 nitrogen and oxygen atoms in total. The molecule has 0 saturated heterocycles. The maximum atomic E-state index is 4.49. The Morgan fingerprint density at radius 1 is 1.33 bits per heavy atom. The van der Waals surface area contributed by atoms with Gasteiger partial charge in [0.05, 0.1) is 5.69 Å². The van der Waals surface area contributed by atoms with Gasteiger partial charge in [-0.2, -0.15) is 0 Å². The summed E-state index contributed by atoms with van der Waals surface area (Å²) < 4.78 is 0. The molecule has 0 fully saturated rings. The monoisotopic (exact) mass is 286 g/mol. The lowest BCUT2D eigenvalue weighted by Crippen LogP contribution is -2.32. The van der Waals surface area contributed by atoms with Crippen LogP contribution in [0.25, 0.3) is 6.08 Å². The van der Waals surface area contributed by atoms with Gasteiger partial charge in [0.15, 0.2) is 0 Å². The van der Waals surface area contributed by atoms with Crippen molar-refractivity contribution in [2.24, 2.45) is 11.8 Å². The standard InChI is InChI=1S/C19H30N2/c1-5-15(3)16(6-2)13-21(4)14-17-9-7-11-19-18(17)10-8-12-20-19/h7-8,10-12,15-17H,5-6,9,13-14H2,1-4H3/t15-,16?,17?/m0/s1. The van der Waals surface area contributed by atoms with Crippen LogP contribution in [0.4, 0.5) is 0 Å². The summed E-state index contributed by atoms with van der Waals surface area (Å²) in [6, 6.07) is 4.31. The Morgan fingerprint density at radius 3 is 2.86 bits per heavy atom. The number of allylic oxidation sites excluding steroid dienone is 1. The first-order valence-corrected chi connectivity index (χ1v) is 8.45. The summed E-state index contributed by atoms with van der Waals surface area (Å²) in [6.45, 7) is 9.37. The highest BCUT2D eigenvalue weighted by molar-refractivity contribution is 5.53. The second-order valence-electron chi connectivity index (χ2n) is 6.59. The fourth-order valence-electron chi connectivity index (χ4n) is 3.45. The zero-order chi connectivity index (χ0) is 15.2. The van der Waals surface area contributed by atoms with Crippen molar-refractivity contribution in [2.75, 3.05) is 20.1 Å². The molecule has 1 aromatic heterocycles. The first kappa shape index (κ1) is 16.2. The molecule has 116 valence electrons. The summed E-state index contributed by atoms with van der Waals surface area (Å²) >= 11 is 0. The molecule has 1 aliphatic carbocycles. The van der Waals surface area contributed by atoms with Crippen LogP contribution in [0.15, 0.2) is 24.4 Å². The Labute approximate surface area is 130 Å². The number of aromatic nitrogens is 1. The smallest absolute Gasteiger partial charge is 0.0661 e. The zero-order valence-electron chi connectivity index (χ0n) is 14.0. The first-order valence-electron chi connectivity index (χ1n) is 8.45. The summed E-state index contributed by atoms with van der Waals surface area (Å²) in [5, 5.41) is 0. The Balaban J connectivity index is 1.97. The van der Waals surface area contributed by atoms with Crippen molar-refractivity contribution in [1.82, 2.24) is 9.88 Å². The molecule has 1 aromatic rings. The molecule has 1 heterocycles. The topological polar surface area (TPSA) is 16.1 Å². The van der Waals surface area contributed by atoms with E-state index in [0.29, 0.717) is 5.92 Å². The molecule has 0 aromatic carbocycles. The maximum absolute atomic E-state index is 4.49. The van der Waals surface area contributed by atoms with E-state index < -0.39 is 0 Å². The number of nitrogens with zero attached hydrogens (tertiary/aromatic N) is 2. The fourth-order valence-corrected chi connectivity index (χ4v) is 3.45. The van der Waals surface area contributed by atoms with Gasteiger partial charge in [-0.05, 0) is 43.0 Å². The fraction of sp³-hybridized carbons (Fsp3) is 0.632. The predicted molar refractivity (Wildman–Crippen MR) is 91.4 cm³/mol. The van der Waals surface area contributed by atoms with E-state index in [1.807, 2.05) is 6.20 Å². The Hall–Kier alpha value is -1.15. The van der Waals surface area contributed by atoms with Crippen LogP contribution in [-0.4, -0.2) is 30.0 Å². The molecule has 3 atom stereocenters. The van der Waals surface area contributed by atoms with Gasteiger partial charge in [0.2, 0.25) is 0 Å². The number of rotatable bonds is 7. The molecule has 0 amide bonds. The molecule has 2 rings (SSSR count). The van der Waals surface area contributed by atoms with Crippen LogP contribution >= 0.6 is 0 Å². The third kappa shape index (κ3) is 4.16. The van der Waals surface area contributed by atoms with Crippen molar-refractivity contribution in [3.8, 4) is 0 Å². The van der Waals surface area contributed by atoms with Gasteiger partial charge in [0.25, 0.3) is 0 Å². The minimum atomic E-state index is 0.595. The lowest BCUT2D eigenvalue weighted by Gasteiger charge is -2.31. The maximum Gasteiger partial charge on any atom is 0.0661 e. The lowest BCUT2D eigenvalue weighted by atomic mass is 9.87. The highest BCUT2D eigenvalue weighted by Crippen LogP contribution is 2.29. The van der Waals surface area contributed by atoms with Gasteiger partial charge in [0.1, 0.15) is 0 Å². The average molecular weight is 286 g/mol. The van der Waals surface area contributed by atoms with Gasteiger partial charge in [-0.1, -0.05) is 45.8 Å². The van der Waals surface area contributed by atoms with Gasteiger partial charge in [0, 0.05) is 25.2 Å². The van der Waals surface area contributed by atoms with E-state index in [1.165, 1.54) is 24.9 Å². The van der Waals surface area contributed by atoms with E-state index in [1.54, 1.807) is 0 Å². The molecule has 0 spiro atoms. The molecule has 0 N–H and O–H groups in total. The van der Waals surface area contributed by atoms with Crippen LogP contribution in [0.2, 0.25) is 0 Å². The van der Waals surface area contributed by atoms with E-state index in [9.17, 15) is 0 Å². The van der Waals surface area contributed by atoms with E-state index in [4.69, 9.17) is 0 Å². The molecular formula is C19H30N2. The van der Waals surface area contributed by atoms with Crippen molar-refractivity contribution in [1.29, 1.82) is 0 Å². The molecule has 0 bridgehead atoms. The van der Waals surface area contributed by atoms with E-state index in [2.05, 4.69) is 62.0 Å². The summed E-state index contributed by atoms with van der Waals surface area (Å²) in [5.74, 6) is 2.23. The largest absolute Gasteiger partial charge is 0.305 e. The van der Waals surface area contributed by atoms with Crippen molar-refractivity contribution in [3.63, 3.8) is 0 Å². The van der Waals surface area contributed by atoms with E-state index in [0.717, 1.165) is 30.5 Å². The minimum absolute atomic E-state index is 0.595. The molecule has 2 unspecified atom stereocenters. The average Bonchev–Trinajstić information content (AvgIpc) is 2.52. The van der Waals surface area contributed by atoms with Gasteiger partial charge in [-0.3, -0.25) is 4.98 Å². The molecule has 0 aliphatic heterocycles. The molecule has 2 heteroatoms. The highest BCUT2D eigenvalue weighted by atomic mass is 15.1. The molecule has 21 heavy (non-hydrogen) atoms. The zero-order valence-corrected chi connectivity index (χ0v) is 14.0. The lowest BCUT2D eigenvalue weighted by molar-refractivity contribution is 0.210. The Bertz CT molecular complexity index is 466. The predicted octanol–water partition coefficient (Wildman–Crippen LogP) is 4.59. The SMILES string of the molecule is CCC(CN(C)CC1CC=Cc2ncccc21)[C@@H](C)CC. The molecule has 0 saturated carbocycles. The van der Waals surface area contributed by atoms with Gasteiger partial charge < -0.3 is 4.90 Å². The quantitative estimate of drug-likeness (QED) is 0.729. The third-order valence-corrected chi connectivity index (χ3v) is 5.06. The summed E-state index contributed by atoms with van der Waals surface area (Å²) in [6.07, 6.45) is 10.0. The normalized spacial score (nSPS) is 20.3. The van der Waals surface area contributed by atoms with Crippen LogP contribution in [0, 0.1) is 11.8 Å². The van der Waals surface area contributed by atoms with Crippen molar-refractivity contribution >= 4 is 6.08 Å². The van der Waals surface area contributed by atoms with Gasteiger partial charge in [-0.15, -0.1) is 0 Å². The van der Waals surface area contributed by atoms with E-state index in [-0.39, 0.29) is 0 Å². The second kappa shape index (κ2) is 7.74. The molecular weight excluding hydrogens is 256 g/mol. The second-order valence-corrected chi connectivity index (χ2v) is 6.59. The number of likely N-dealkylation sites (N-methyl/N-ethyl adjacent to an activating group) is 1. The molecule has 1 aliphatic rings. The number of pyridine rings is 1. The summed E-state index contributed by atoms with van der Waals surface area (Å²) in [4.78, 5) is 7.02. The van der Waals surface area contributed by atoms with Crippen LogP contribution in [-0.2, 0) is 0 Å². The Morgan fingerprint density at radius 2 is 2.14 bits per heavy atom. The van der Waals surface area contributed by atoms with Crippen LogP contribution in [0.1, 0.15) is 57.2 Å². The highest BCUT2D eigenvalue weighted by Gasteiger charge is 2.21.